The van der Waals surface area contributed by atoms with Crippen molar-refractivity contribution in [2.45, 2.75) is 11.4 Å². The van der Waals surface area contributed by atoms with Gasteiger partial charge in [0.15, 0.2) is 0 Å². The molecule has 0 saturated carbocycles. The van der Waals surface area contributed by atoms with Crippen molar-refractivity contribution in [3.63, 3.8) is 0 Å². The second-order valence-electron chi connectivity index (χ2n) is 8.42. The number of piperazine rings is 1. The lowest BCUT2D eigenvalue weighted by atomic mass is 10.2. The molecule has 0 spiro atoms. The number of rotatable bonds is 8. The van der Waals surface area contributed by atoms with Gasteiger partial charge in [0.2, 0.25) is 15.9 Å². The van der Waals surface area contributed by atoms with Crippen LogP contribution < -0.4 is 9.64 Å². The second kappa shape index (κ2) is 11.3. The fourth-order valence-corrected chi connectivity index (χ4v) is 5.54. The molecule has 0 bridgehead atoms. The number of hydrogen-bond acceptors (Lipinski definition) is 5. The lowest BCUT2D eigenvalue weighted by Crippen LogP contribution is -2.51. The van der Waals surface area contributed by atoms with Crippen molar-refractivity contribution < 1.29 is 22.3 Å². The molecule has 3 aromatic rings. The first-order valence-electron chi connectivity index (χ1n) is 11.4. The summed E-state index contributed by atoms with van der Waals surface area (Å²) in [6.45, 7) is 1.79. The fraction of sp³-hybridized carbons (Fsp3) is 0.269. The molecule has 7 nitrogen and oxygen atoms in total. The molecule has 0 radical (unpaired) electrons. The first-order chi connectivity index (χ1) is 17.3. The third kappa shape index (κ3) is 6.16. The number of carbonyl (C=O) groups is 1. The Morgan fingerprint density at radius 3 is 2.14 bits per heavy atom. The number of halogens is 2. The van der Waals surface area contributed by atoms with Crippen molar-refractivity contribution in [3.05, 3.63) is 89.2 Å². The summed E-state index contributed by atoms with van der Waals surface area (Å²) in [5.41, 5.74) is 1.61. The number of carbonyl (C=O) groups excluding carboxylic acids is 1. The Morgan fingerprint density at radius 2 is 1.56 bits per heavy atom. The van der Waals surface area contributed by atoms with Crippen LogP contribution in [0.4, 0.5) is 10.1 Å². The minimum atomic E-state index is -4.01. The molecule has 0 unspecified atom stereocenters. The molecule has 1 amide bonds. The van der Waals surface area contributed by atoms with Crippen LogP contribution in [0.5, 0.6) is 5.75 Å². The van der Waals surface area contributed by atoms with Gasteiger partial charge in [-0.2, -0.15) is 4.31 Å². The van der Waals surface area contributed by atoms with Crippen LogP contribution in [0.15, 0.2) is 77.7 Å². The van der Waals surface area contributed by atoms with E-state index in [1.54, 1.807) is 12.0 Å². The summed E-state index contributed by atoms with van der Waals surface area (Å²) in [4.78, 5) is 17.1. The Balaban J connectivity index is 1.47. The van der Waals surface area contributed by atoms with Gasteiger partial charge in [0, 0.05) is 43.4 Å². The van der Waals surface area contributed by atoms with Gasteiger partial charge in [-0.3, -0.25) is 4.79 Å². The van der Waals surface area contributed by atoms with Crippen LogP contribution in [-0.2, 0) is 21.4 Å². The summed E-state index contributed by atoms with van der Waals surface area (Å²) in [7, 11) is -2.39. The average Bonchev–Trinajstić information content (AvgIpc) is 2.90. The van der Waals surface area contributed by atoms with Gasteiger partial charge in [0.25, 0.3) is 0 Å². The number of ether oxygens (including phenoxy) is 1. The summed E-state index contributed by atoms with van der Waals surface area (Å²) >= 11 is 5.93. The lowest BCUT2D eigenvalue weighted by molar-refractivity contribution is -0.131. The van der Waals surface area contributed by atoms with E-state index >= 15 is 0 Å². The highest BCUT2D eigenvalue weighted by molar-refractivity contribution is 7.89. The molecular weight excluding hydrogens is 505 g/mol. The third-order valence-corrected chi connectivity index (χ3v) is 8.16. The van der Waals surface area contributed by atoms with E-state index in [0.717, 1.165) is 15.7 Å². The van der Waals surface area contributed by atoms with Gasteiger partial charge in [-0.1, -0.05) is 23.7 Å². The molecule has 1 heterocycles. The Hall–Kier alpha value is -3.14. The van der Waals surface area contributed by atoms with Crippen molar-refractivity contribution in [2.75, 3.05) is 44.7 Å². The quantitative estimate of drug-likeness (QED) is 0.439. The summed E-state index contributed by atoms with van der Waals surface area (Å²) < 4.78 is 46.6. The van der Waals surface area contributed by atoms with Gasteiger partial charge >= 0.3 is 0 Å². The molecule has 0 aromatic heterocycles. The van der Waals surface area contributed by atoms with Crippen molar-refractivity contribution in [3.8, 4) is 5.75 Å². The number of hydrogen-bond donors (Lipinski definition) is 0. The van der Waals surface area contributed by atoms with E-state index in [-0.39, 0.29) is 23.9 Å². The van der Waals surface area contributed by atoms with Crippen LogP contribution >= 0.6 is 11.6 Å². The van der Waals surface area contributed by atoms with E-state index < -0.39 is 15.8 Å². The Labute approximate surface area is 215 Å². The highest BCUT2D eigenvalue weighted by Crippen LogP contribution is 2.23. The number of amides is 1. The van der Waals surface area contributed by atoms with E-state index in [0.29, 0.717) is 36.8 Å². The molecule has 1 fully saturated rings. The molecule has 0 aliphatic carbocycles. The van der Waals surface area contributed by atoms with Crippen molar-refractivity contribution in [1.82, 2.24) is 9.21 Å². The van der Waals surface area contributed by atoms with E-state index in [1.807, 2.05) is 24.3 Å². The maximum Gasteiger partial charge on any atom is 0.243 e. The maximum atomic E-state index is 13.4. The molecule has 0 N–H and O–H groups in total. The zero-order valence-corrected chi connectivity index (χ0v) is 21.4. The fourth-order valence-electron chi connectivity index (χ4n) is 4.03. The monoisotopic (exact) mass is 531 g/mol. The van der Waals surface area contributed by atoms with E-state index in [4.69, 9.17) is 16.3 Å². The smallest absolute Gasteiger partial charge is 0.243 e. The average molecular weight is 532 g/mol. The normalized spacial score (nSPS) is 14.2. The molecule has 190 valence electrons. The van der Waals surface area contributed by atoms with Gasteiger partial charge in [-0.25, -0.2) is 12.8 Å². The van der Waals surface area contributed by atoms with Crippen LogP contribution in [0.2, 0.25) is 5.02 Å². The largest absolute Gasteiger partial charge is 0.497 e. The Bertz CT molecular complexity index is 1280. The molecule has 3 aromatic carbocycles. The molecular formula is C26H27ClFN3O4S. The SMILES string of the molecule is COc1ccc(N2CCN(C(=O)CN(Cc3ccc(F)cc3)S(=O)(=O)c3ccc(Cl)cc3)CC2)cc1. The van der Waals surface area contributed by atoms with E-state index in [1.165, 1.54) is 48.5 Å². The zero-order chi connectivity index (χ0) is 25.7. The number of methoxy groups -OCH3 is 1. The van der Waals surface area contributed by atoms with E-state index in [9.17, 15) is 17.6 Å². The lowest BCUT2D eigenvalue weighted by Gasteiger charge is -2.37. The van der Waals surface area contributed by atoms with Gasteiger partial charge < -0.3 is 14.5 Å². The first kappa shape index (κ1) is 25.9. The highest BCUT2D eigenvalue weighted by atomic mass is 35.5. The van der Waals surface area contributed by atoms with Gasteiger partial charge in [0.05, 0.1) is 18.6 Å². The van der Waals surface area contributed by atoms with Gasteiger partial charge in [-0.15, -0.1) is 0 Å². The van der Waals surface area contributed by atoms with Crippen molar-refractivity contribution >= 4 is 33.2 Å². The maximum absolute atomic E-state index is 13.4. The first-order valence-corrected chi connectivity index (χ1v) is 13.2. The van der Waals surface area contributed by atoms with E-state index in [2.05, 4.69) is 4.90 Å². The van der Waals surface area contributed by atoms with Crippen LogP contribution in [-0.4, -0.2) is 63.4 Å². The molecule has 1 aliphatic heterocycles. The Morgan fingerprint density at radius 1 is 0.944 bits per heavy atom. The standard InChI is InChI=1S/C26H27ClFN3O4S/c1-35-24-10-8-23(9-11-24)29-14-16-30(17-15-29)26(32)19-31(18-20-2-6-22(28)7-3-20)36(33,34)25-12-4-21(27)5-13-25/h2-13H,14-19H2,1H3. The molecule has 1 saturated heterocycles. The topological polar surface area (TPSA) is 70.2 Å². The molecule has 1 aliphatic rings. The van der Waals surface area contributed by atoms with Gasteiger partial charge in [-0.05, 0) is 66.2 Å². The number of anilines is 1. The van der Waals surface area contributed by atoms with Crippen molar-refractivity contribution in [2.24, 2.45) is 0 Å². The van der Waals surface area contributed by atoms with Crippen LogP contribution in [0.3, 0.4) is 0 Å². The summed E-state index contributed by atoms with van der Waals surface area (Å²) in [5, 5.41) is 0.407. The Kier molecular flexibility index (Phi) is 8.13. The minimum absolute atomic E-state index is 0.0335. The zero-order valence-electron chi connectivity index (χ0n) is 19.8. The molecule has 4 rings (SSSR count). The molecule has 0 atom stereocenters. The highest BCUT2D eigenvalue weighted by Gasteiger charge is 2.30. The predicted molar refractivity (Wildman–Crippen MR) is 137 cm³/mol. The van der Waals surface area contributed by atoms with Crippen LogP contribution in [0.25, 0.3) is 0 Å². The van der Waals surface area contributed by atoms with Crippen LogP contribution in [0, 0.1) is 5.82 Å². The summed E-state index contributed by atoms with van der Waals surface area (Å²) in [5.74, 6) is 0.0661. The summed E-state index contributed by atoms with van der Waals surface area (Å²) in [6, 6.07) is 19.1. The van der Waals surface area contributed by atoms with Crippen molar-refractivity contribution in [1.29, 1.82) is 0 Å². The molecule has 10 heteroatoms. The summed E-state index contributed by atoms with van der Waals surface area (Å²) in [6.07, 6.45) is 0. The number of nitrogens with zero attached hydrogens (tertiary/aromatic N) is 3. The second-order valence-corrected chi connectivity index (χ2v) is 10.8. The third-order valence-electron chi connectivity index (χ3n) is 6.11. The molecule has 36 heavy (non-hydrogen) atoms. The number of benzene rings is 3. The predicted octanol–water partition coefficient (Wildman–Crippen LogP) is 4.03. The minimum Gasteiger partial charge on any atom is -0.497 e. The number of sulfonamides is 1. The van der Waals surface area contributed by atoms with Crippen LogP contribution in [0.1, 0.15) is 5.56 Å². The van der Waals surface area contributed by atoms with Gasteiger partial charge in [0.1, 0.15) is 11.6 Å².